The van der Waals surface area contributed by atoms with Crippen molar-refractivity contribution in [1.82, 2.24) is 4.90 Å². The molecule has 0 aliphatic carbocycles. The molecule has 26 heavy (non-hydrogen) atoms. The van der Waals surface area contributed by atoms with E-state index in [4.69, 9.17) is 11.6 Å². The Balaban J connectivity index is 1.75. The van der Waals surface area contributed by atoms with Gasteiger partial charge >= 0.3 is 0 Å². The molecule has 1 aliphatic heterocycles. The van der Waals surface area contributed by atoms with E-state index in [2.05, 4.69) is 15.9 Å². The third-order valence-corrected chi connectivity index (χ3v) is 5.46. The minimum atomic E-state index is -0.261. The lowest BCUT2D eigenvalue weighted by molar-refractivity contribution is 0.0642. The van der Waals surface area contributed by atoms with Gasteiger partial charge in [-0.25, -0.2) is 0 Å². The van der Waals surface area contributed by atoms with Crippen LogP contribution in [0, 0.1) is 0 Å². The van der Waals surface area contributed by atoms with E-state index in [1.807, 2.05) is 42.5 Å². The number of carbonyl (C=O) groups is 2. The van der Waals surface area contributed by atoms with E-state index in [0.717, 1.165) is 21.2 Å². The molecule has 0 saturated carbocycles. The third kappa shape index (κ3) is 2.85. The molecule has 128 valence electrons. The summed E-state index contributed by atoms with van der Waals surface area (Å²) < 4.78 is 0.849. The van der Waals surface area contributed by atoms with Crippen molar-refractivity contribution in [2.45, 2.75) is 6.54 Å². The van der Waals surface area contributed by atoms with Crippen molar-refractivity contribution in [3.8, 4) is 11.1 Å². The van der Waals surface area contributed by atoms with Crippen molar-refractivity contribution < 1.29 is 9.59 Å². The summed E-state index contributed by atoms with van der Waals surface area (Å²) in [4.78, 5) is 26.7. The summed E-state index contributed by atoms with van der Waals surface area (Å²) in [7, 11) is 0. The molecule has 0 bridgehead atoms. The van der Waals surface area contributed by atoms with Gasteiger partial charge in [0.25, 0.3) is 11.8 Å². The number of rotatable bonds is 3. The van der Waals surface area contributed by atoms with E-state index in [-0.39, 0.29) is 18.4 Å². The maximum atomic E-state index is 12.7. The maximum Gasteiger partial charge on any atom is 0.261 e. The number of nitrogens with zero attached hydrogens (tertiary/aromatic N) is 1. The van der Waals surface area contributed by atoms with Crippen LogP contribution in [0.25, 0.3) is 11.1 Å². The SMILES string of the molecule is O=C1c2ccccc2C(=O)N1Cc1c(Br)cccc1-c1ccc(Cl)cc1. The number of imide groups is 1. The molecule has 1 aliphatic rings. The molecular formula is C21H13BrClNO2. The van der Waals surface area contributed by atoms with Gasteiger partial charge in [0.1, 0.15) is 0 Å². The molecule has 0 N–H and O–H groups in total. The van der Waals surface area contributed by atoms with Crippen LogP contribution in [0.5, 0.6) is 0 Å². The van der Waals surface area contributed by atoms with Gasteiger partial charge in [-0.3, -0.25) is 14.5 Å². The monoisotopic (exact) mass is 425 g/mol. The van der Waals surface area contributed by atoms with Gasteiger partial charge in [0.15, 0.2) is 0 Å². The van der Waals surface area contributed by atoms with Crippen molar-refractivity contribution in [2.24, 2.45) is 0 Å². The fourth-order valence-corrected chi connectivity index (χ4v) is 3.78. The standard InChI is InChI=1S/C21H13BrClNO2/c22-19-7-3-6-15(13-8-10-14(23)11-9-13)18(19)12-24-20(25)16-4-1-2-5-17(16)21(24)26/h1-11H,12H2. The molecule has 0 fully saturated rings. The minimum Gasteiger partial charge on any atom is -0.270 e. The van der Waals surface area contributed by atoms with Gasteiger partial charge < -0.3 is 0 Å². The second kappa shape index (κ2) is 6.71. The highest BCUT2D eigenvalue weighted by atomic mass is 79.9. The van der Waals surface area contributed by atoms with Crippen molar-refractivity contribution in [3.05, 3.63) is 92.9 Å². The Morgan fingerprint density at radius 3 is 1.96 bits per heavy atom. The Labute approximate surface area is 164 Å². The summed E-state index contributed by atoms with van der Waals surface area (Å²) in [6.07, 6.45) is 0. The van der Waals surface area contributed by atoms with Crippen molar-refractivity contribution >= 4 is 39.3 Å². The van der Waals surface area contributed by atoms with Gasteiger partial charge in [0.2, 0.25) is 0 Å². The van der Waals surface area contributed by atoms with Crippen LogP contribution in [0.3, 0.4) is 0 Å². The molecule has 3 nitrogen and oxygen atoms in total. The second-order valence-electron chi connectivity index (χ2n) is 6.01. The van der Waals surface area contributed by atoms with Crippen LogP contribution in [0.4, 0.5) is 0 Å². The van der Waals surface area contributed by atoms with Gasteiger partial charge in [-0.2, -0.15) is 0 Å². The molecule has 3 aromatic rings. The maximum absolute atomic E-state index is 12.7. The lowest BCUT2D eigenvalue weighted by Crippen LogP contribution is -2.29. The topological polar surface area (TPSA) is 37.4 Å². The zero-order chi connectivity index (χ0) is 18.3. The molecule has 3 aromatic carbocycles. The minimum absolute atomic E-state index is 0.200. The van der Waals surface area contributed by atoms with Crippen LogP contribution in [0.1, 0.15) is 26.3 Å². The van der Waals surface area contributed by atoms with Crippen LogP contribution in [0.15, 0.2) is 71.2 Å². The highest BCUT2D eigenvalue weighted by Gasteiger charge is 2.35. The van der Waals surface area contributed by atoms with E-state index in [1.165, 1.54) is 4.90 Å². The Morgan fingerprint density at radius 1 is 0.769 bits per heavy atom. The van der Waals surface area contributed by atoms with Gasteiger partial charge in [0, 0.05) is 9.50 Å². The smallest absolute Gasteiger partial charge is 0.261 e. The normalized spacial score (nSPS) is 13.2. The molecule has 0 aromatic heterocycles. The Bertz CT molecular complexity index is 995. The largest absolute Gasteiger partial charge is 0.270 e. The molecule has 0 unspecified atom stereocenters. The van der Waals surface area contributed by atoms with Crippen LogP contribution in [0.2, 0.25) is 5.02 Å². The highest BCUT2D eigenvalue weighted by molar-refractivity contribution is 9.10. The van der Waals surface area contributed by atoms with Crippen LogP contribution >= 0.6 is 27.5 Å². The summed E-state index contributed by atoms with van der Waals surface area (Å²) >= 11 is 9.56. The molecular weight excluding hydrogens is 414 g/mol. The number of benzene rings is 3. The number of fused-ring (bicyclic) bond motifs is 1. The Kier molecular flexibility index (Phi) is 4.39. The summed E-state index contributed by atoms with van der Waals surface area (Å²) in [6.45, 7) is 0.200. The number of carbonyl (C=O) groups excluding carboxylic acids is 2. The van der Waals surface area contributed by atoms with Crippen LogP contribution in [-0.4, -0.2) is 16.7 Å². The lowest BCUT2D eigenvalue weighted by atomic mass is 9.99. The van der Waals surface area contributed by atoms with Gasteiger partial charge in [-0.05, 0) is 47.0 Å². The first-order chi connectivity index (χ1) is 12.6. The second-order valence-corrected chi connectivity index (χ2v) is 7.31. The predicted molar refractivity (Wildman–Crippen MR) is 105 cm³/mol. The first-order valence-electron chi connectivity index (χ1n) is 8.05. The summed E-state index contributed by atoms with van der Waals surface area (Å²) in [6, 6.07) is 20.2. The van der Waals surface area contributed by atoms with E-state index >= 15 is 0 Å². The number of hydrogen-bond acceptors (Lipinski definition) is 2. The predicted octanol–water partition coefficient (Wildman–Crippen LogP) is 5.57. The van der Waals surface area contributed by atoms with Gasteiger partial charge in [-0.15, -0.1) is 0 Å². The van der Waals surface area contributed by atoms with E-state index in [9.17, 15) is 9.59 Å². The zero-order valence-corrected chi connectivity index (χ0v) is 15.9. The highest BCUT2D eigenvalue weighted by Crippen LogP contribution is 2.33. The molecule has 5 heteroatoms. The van der Waals surface area contributed by atoms with E-state index < -0.39 is 0 Å². The molecule has 0 atom stereocenters. The third-order valence-electron chi connectivity index (χ3n) is 4.47. The van der Waals surface area contributed by atoms with Crippen molar-refractivity contribution in [2.75, 3.05) is 0 Å². The first kappa shape index (κ1) is 17.0. The number of halogens is 2. The van der Waals surface area contributed by atoms with Crippen molar-refractivity contribution in [3.63, 3.8) is 0 Å². The van der Waals surface area contributed by atoms with Crippen molar-refractivity contribution in [1.29, 1.82) is 0 Å². The summed E-state index contributed by atoms with van der Waals surface area (Å²) in [5.41, 5.74) is 3.72. The Hall–Kier alpha value is -2.43. The quantitative estimate of drug-likeness (QED) is 0.514. The average Bonchev–Trinajstić information content (AvgIpc) is 2.89. The zero-order valence-electron chi connectivity index (χ0n) is 13.6. The average molecular weight is 427 g/mol. The molecule has 0 spiro atoms. The van der Waals surface area contributed by atoms with Gasteiger partial charge in [0.05, 0.1) is 17.7 Å². The molecule has 1 heterocycles. The Morgan fingerprint density at radius 2 is 1.35 bits per heavy atom. The van der Waals surface area contributed by atoms with E-state index in [0.29, 0.717) is 16.1 Å². The molecule has 2 amide bonds. The molecule has 0 saturated heterocycles. The molecule has 4 rings (SSSR count). The molecule has 0 radical (unpaired) electrons. The van der Waals surface area contributed by atoms with E-state index in [1.54, 1.807) is 24.3 Å². The summed E-state index contributed by atoms with van der Waals surface area (Å²) in [5, 5.41) is 0.658. The lowest BCUT2D eigenvalue weighted by Gasteiger charge is -2.18. The number of amides is 2. The van der Waals surface area contributed by atoms with Crippen LogP contribution in [-0.2, 0) is 6.54 Å². The van der Waals surface area contributed by atoms with Crippen LogP contribution < -0.4 is 0 Å². The van der Waals surface area contributed by atoms with Gasteiger partial charge in [-0.1, -0.05) is 63.9 Å². The fourth-order valence-electron chi connectivity index (χ4n) is 3.16. The number of hydrogen-bond donors (Lipinski definition) is 0. The first-order valence-corrected chi connectivity index (χ1v) is 9.22. The summed E-state index contributed by atoms with van der Waals surface area (Å²) in [5.74, 6) is -0.521. The fraction of sp³-hybridized carbons (Fsp3) is 0.0476.